The van der Waals surface area contributed by atoms with E-state index in [0.29, 0.717) is 6.54 Å². The first-order valence-corrected chi connectivity index (χ1v) is 5.24. The minimum atomic E-state index is -4.26. The van der Waals surface area contributed by atoms with E-state index >= 15 is 0 Å². The minimum Gasteiger partial charge on any atom is -0.338 e. The maximum atomic E-state index is 12.3. The van der Waals surface area contributed by atoms with Gasteiger partial charge in [0.1, 0.15) is 0 Å². The van der Waals surface area contributed by atoms with Crippen LogP contribution in [0.5, 0.6) is 0 Å². The molecule has 0 atom stereocenters. The summed E-state index contributed by atoms with van der Waals surface area (Å²) in [6.45, 7) is 2.62. The average Bonchev–Trinajstić information content (AvgIpc) is 2.25. The smallest absolute Gasteiger partial charge is 0.338 e. The molecule has 0 bridgehead atoms. The molecule has 0 radical (unpaired) electrons. The van der Waals surface area contributed by atoms with Crippen LogP contribution in [0.4, 0.5) is 18.0 Å². The van der Waals surface area contributed by atoms with Gasteiger partial charge in [0.2, 0.25) is 0 Å². The summed E-state index contributed by atoms with van der Waals surface area (Å²) >= 11 is 0. The van der Waals surface area contributed by atoms with Crippen molar-refractivity contribution in [2.24, 2.45) is 0 Å². The van der Waals surface area contributed by atoms with Crippen LogP contribution in [0.2, 0.25) is 0 Å². The number of halogens is 3. The monoisotopic (exact) mass is 236 g/mol. The molecule has 1 aliphatic rings. The average molecular weight is 236 g/mol. The fourth-order valence-electron chi connectivity index (χ4n) is 1.45. The Labute approximate surface area is 92.3 Å². The Morgan fingerprint density at radius 3 is 2.69 bits per heavy atom. The lowest BCUT2D eigenvalue weighted by Gasteiger charge is -2.27. The van der Waals surface area contributed by atoms with Crippen LogP contribution in [0.15, 0.2) is 11.6 Å². The third-order valence-corrected chi connectivity index (χ3v) is 2.39. The van der Waals surface area contributed by atoms with Crippen molar-refractivity contribution < 1.29 is 18.0 Å². The zero-order valence-corrected chi connectivity index (χ0v) is 9.10. The maximum absolute atomic E-state index is 12.3. The minimum absolute atomic E-state index is 0.0321. The number of carbonyl (C=O) groups excluding carboxylic acids is 1. The number of amides is 2. The fraction of sp³-hybridized carbons (Fsp3) is 0.700. The van der Waals surface area contributed by atoms with Gasteiger partial charge in [-0.1, -0.05) is 13.0 Å². The van der Waals surface area contributed by atoms with Crippen LogP contribution >= 0.6 is 0 Å². The van der Waals surface area contributed by atoms with Gasteiger partial charge in [0.15, 0.2) is 0 Å². The van der Waals surface area contributed by atoms with Crippen molar-refractivity contribution in [1.82, 2.24) is 10.2 Å². The van der Waals surface area contributed by atoms with E-state index < -0.39 is 11.7 Å². The second-order valence-electron chi connectivity index (χ2n) is 3.66. The Balaban J connectivity index is 2.48. The molecule has 1 heterocycles. The van der Waals surface area contributed by atoms with Crippen molar-refractivity contribution >= 4 is 6.03 Å². The number of nitrogens with one attached hydrogen (secondary N) is 1. The van der Waals surface area contributed by atoms with E-state index in [1.165, 1.54) is 4.90 Å². The van der Waals surface area contributed by atoms with E-state index in [-0.39, 0.29) is 25.5 Å². The Morgan fingerprint density at radius 2 is 2.25 bits per heavy atom. The van der Waals surface area contributed by atoms with E-state index in [9.17, 15) is 18.0 Å². The molecule has 1 aliphatic heterocycles. The zero-order valence-electron chi connectivity index (χ0n) is 9.10. The van der Waals surface area contributed by atoms with Crippen LogP contribution in [0, 0.1) is 0 Å². The van der Waals surface area contributed by atoms with Crippen LogP contribution < -0.4 is 5.32 Å². The Morgan fingerprint density at radius 1 is 1.56 bits per heavy atom. The molecular formula is C10H15F3N2O. The summed E-state index contributed by atoms with van der Waals surface area (Å²) in [5.74, 6) is 0. The predicted octanol–water partition coefficient (Wildman–Crippen LogP) is 2.30. The number of rotatable bonds is 2. The van der Waals surface area contributed by atoms with Crippen molar-refractivity contribution in [3.8, 4) is 0 Å². The van der Waals surface area contributed by atoms with Crippen molar-refractivity contribution in [1.29, 1.82) is 0 Å². The van der Waals surface area contributed by atoms with Gasteiger partial charge in [-0.2, -0.15) is 13.2 Å². The highest BCUT2D eigenvalue weighted by Crippen LogP contribution is 2.29. The van der Waals surface area contributed by atoms with Gasteiger partial charge in [-0.15, -0.1) is 0 Å². The van der Waals surface area contributed by atoms with Crippen molar-refractivity contribution in [2.75, 3.05) is 19.6 Å². The number of urea groups is 1. The molecule has 0 saturated carbocycles. The maximum Gasteiger partial charge on any atom is 0.412 e. The first-order chi connectivity index (χ1) is 7.45. The quantitative estimate of drug-likeness (QED) is 0.733. The first-order valence-electron chi connectivity index (χ1n) is 5.24. The molecule has 0 aromatic rings. The van der Waals surface area contributed by atoms with Crippen molar-refractivity contribution in [3.05, 3.63) is 11.6 Å². The van der Waals surface area contributed by atoms with Crippen molar-refractivity contribution in [2.45, 2.75) is 25.9 Å². The van der Waals surface area contributed by atoms with Gasteiger partial charge in [0.25, 0.3) is 0 Å². The van der Waals surface area contributed by atoms with Crippen LogP contribution in [0.3, 0.4) is 0 Å². The third-order valence-electron chi connectivity index (χ3n) is 2.39. The molecule has 0 fully saturated rings. The van der Waals surface area contributed by atoms with Gasteiger partial charge in [-0.05, 0) is 12.8 Å². The van der Waals surface area contributed by atoms with Crippen LogP contribution in [0.25, 0.3) is 0 Å². The molecule has 0 saturated heterocycles. The van der Waals surface area contributed by atoms with Crippen LogP contribution in [0.1, 0.15) is 19.8 Å². The highest BCUT2D eigenvalue weighted by Gasteiger charge is 2.35. The number of hydrogen-bond acceptors (Lipinski definition) is 1. The fourth-order valence-corrected chi connectivity index (χ4v) is 1.45. The lowest BCUT2D eigenvalue weighted by Crippen LogP contribution is -2.43. The molecule has 1 N–H and O–H groups in total. The Bertz CT molecular complexity index is 286. The first kappa shape index (κ1) is 12.9. The van der Waals surface area contributed by atoms with E-state index in [4.69, 9.17) is 0 Å². The predicted molar refractivity (Wildman–Crippen MR) is 54.0 cm³/mol. The van der Waals surface area contributed by atoms with E-state index in [0.717, 1.165) is 12.5 Å². The molecule has 0 unspecified atom stereocenters. The molecule has 0 aromatic carbocycles. The van der Waals surface area contributed by atoms with Crippen molar-refractivity contribution in [3.63, 3.8) is 0 Å². The highest BCUT2D eigenvalue weighted by atomic mass is 19.4. The van der Waals surface area contributed by atoms with Gasteiger partial charge in [0.05, 0.1) is 0 Å². The molecule has 2 amide bonds. The van der Waals surface area contributed by atoms with Crippen LogP contribution in [-0.2, 0) is 0 Å². The largest absolute Gasteiger partial charge is 0.412 e. The lowest BCUT2D eigenvalue weighted by atomic mass is 10.1. The zero-order chi connectivity index (χ0) is 12.2. The van der Waals surface area contributed by atoms with E-state index in [1.807, 2.05) is 6.92 Å². The lowest BCUT2D eigenvalue weighted by molar-refractivity contribution is -0.0956. The third kappa shape index (κ3) is 3.43. The summed E-state index contributed by atoms with van der Waals surface area (Å²) in [5, 5.41) is 2.63. The summed E-state index contributed by atoms with van der Waals surface area (Å²) in [6.07, 6.45) is -2.49. The van der Waals surface area contributed by atoms with E-state index in [1.54, 1.807) is 0 Å². The number of nitrogens with zero attached hydrogens (tertiary/aromatic N) is 1. The molecule has 0 aromatic heterocycles. The summed E-state index contributed by atoms with van der Waals surface area (Å²) < 4.78 is 36.9. The number of alkyl halides is 3. The summed E-state index contributed by atoms with van der Waals surface area (Å²) in [7, 11) is 0. The molecule has 0 aliphatic carbocycles. The molecule has 16 heavy (non-hydrogen) atoms. The number of carbonyl (C=O) groups is 1. The van der Waals surface area contributed by atoms with Gasteiger partial charge in [-0.25, -0.2) is 4.79 Å². The molecule has 3 nitrogen and oxygen atoms in total. The topological polar surface area (TPSA) is 32.3 Å². The second kappa shape index (κ2) is 5.23. The molecular weight excluding hydrogens is 221 g/mol. The number of hydrogen-bond donors (Lipinski definition) is 1. The van der Waals surface area contributed by atoms with Gasteiger partial charge >= 0.3 is 12.2 Å². The molecule has 92 valence electrons. The Kier molecular flexibility index (Phi) is 4.20. The SMILES string of the molecule is CCCNC(=O)N1CC=C(C(F)(F)F)CC1. The van der Waals surface area contributed by atoms with E-state index in [2.05, 4.69) is 5.32 Å². The summed E-state index contributed by atoms with van der Waals surface area (Å²) in [4.78, 5) is 12.8. The normalized spacial score (nSPS) is 17.0. The summed E-state index contributed by atoms with van der Waals surface area (Å²) in [5.41, 5.74) is -0.535. The summed E-state index contributed by atoms with van der Waals surface area (Å²) in [6, 6.07) is -0.292. The molecule has 1 rings (SSSR count). The van der Waals surface area contributed by atoms with Crippen LogP contribution in [-0.4, -0.2) is 36.7 Å². The molecule has 0 spiro atoms. The van der Waals surface area contributed by atoms with Gasteiger partial charge < -0.3 is 10.2 Å². The Hall–Kier alpha value is -1.20. The standard InChI is InChI=1S/C10H15F3N2O/c1-2-5-14-9(16)15-6-3-8(4-7-15)10(11,12)13/h3H,2,4-7H2,1H3,(H,14,16). The second-order valence-corrected chi connectivity index (χ2v) is 3.66. The van der Waals surface area contributed by atoms with Gasteiger partial charge in [-0.3, -0.25) is 0 Å². The molecule has 6 heteroatoms. The highest BCUT2D eigenvalue weighted by molar-refractivity contribution is 5.74. The van der Waals surface area contributed by atoms with Gasteiger partial charge in [0, 0.05) is 25.2 Å².